The molecule has 0 aromatic heterocycles. The van der Waals surface area contributed by atoms with Crippen molar-refractivity contribution in [1.82, 2.24) is 0 Å². The fourth-order valence-corrected chi connectivity index (χ4v) is 2.41. The topological polar surface area (TPSA) is 46.5 Å². The van der Waals surface area contributed by atoms with Crippen LogP contribution >= 0.6 is 11.6 Å². The Morgan fingerprint density at radius 3 is 2.33 bits per heavy atom. The zero-order valence-corrected chi connectivity index (χ0v) is 12.7. The number of carbonyl (C=O) groups is 1. The predicted octanol–water partition coefficient (Wildman–Crippen LogP) is 4.03. The number of carboxylic acid groups (broad SMARTS) is 1. The van der Waals surface area contributed by atoms with Crippen LogP contribution in [0.4, 0.5) is 0 Å². The van der Waals surface area contributed by atoms with E-state index in [1.807, 2.05) is 32.0 Å². The molecule has 0 bridgehead atoms. The molecule has 0 saturated carbocycles. The number of halogens is 1. The van der Waals surface area contributed by atoms with Gasteiger partial charge in [-0.3, -0.25) is 0 Å². The van der Waals surface area contributed by atoms with Crippen molar-refractivity contribution < 1.29 is 14.6 Å². The minimum absolute atomic E-state index is 0.305. The zero-order chi connectivity index (χ0) is 15.4. The van der Waals surface area contributed by atoms with Gasteiger partial charge in [-0.25, -0.2) is 4.79 Å². The molecule has 1 atom stereocenters. The summed E-state index contributed by atoms with van der Waals surface area (Å²) in [7, 11) is 0. The highest BCUT2D eigenvalue weighted by molar-refractivity contribution is 6.32. The lowest BCUT2D eigenvalue weighted by atomic mass is 9.97. The highest BCUT2D eigenvalue weighted by Crippen LogP contribution is 2.26. The second-order valence-corrected chi connectivity index (χ2v) is 5.36. The normalized spacial score (nSPS) is 12.0. The van der Waals surface area contributed by atoms with Crippen LogP contribution < -0.4 is 4.74 Å². The highest BCUT2D eigenvalue weighted by Gasteiger charge is 2.22. The fraction of sp³-hybridized carbons (Fsp3) is 0.235. The van der Waals surface area contributed by atoms with Crippen molar-refractivity contribution in [3.8, 4) is 5.75 Å². The number of rotatable bonds is 5. The molecule has 0 radical (unpaired) electrons. The summed E-state index contributed by atoms with van der Waals surface area (Å²) in [4.78, 5) is 11.5. The fourth-order valence-electron chi connectivity index (χ4n) is 2.23. The van der Waals surface area contributed by atoms with Crippen molar-refractivity contribution in [3.05, 3.63) is 64.2 Å². The number of benzene rings is 2. The summed E-state index contributed by atoms with van der Waals surface area (Å²) in [5, 5.41) is 9.81. The van der Waals surface area contributed by atoms with Crippen molar-refractivity contribution in [1.29, 1.82) is 0 Å². The molecule has 21 heavy (non-hydrogen) atoms. The lowest BCUT2D eigenvalue weighted by Crippen LogP contribution is -2.30. The Hall–Kier alpha value is -2.00. The van der Waals surface area contributed by atoms with Crippen molar-refractivity contribution in [2.45, 2.75) is 26.4 Å². The Bertz CT molecular complexity index is 632. The molecule has 0 unspecified atom stereocenters. The van der Waals surface area contributed by atoms with Gasteiger partial charge in [0.1, 0.15) is 5.75 Å². The van der Waals surface area contributed by atoms with Crippen molar-refractivity contribution >= 4 is 17.6 Å². The van der Waals surface area contributed by atoms with Gasteiger partial charge in [0, 0.05) is 6.42 Å². The Morgan fingerprint density at radius 2 is 1.76 bits per heavy atom. The van der Waals surface area contributed by atoms with Gasteiger partial charge in [0.05, 0.1) is 5.02 Å². The molecule has 2 aromatic rings. The largest absolute Gasteiger partial charge is 0.478 e. The number of hydrogen-bond acceptors (Lipinski definition) is 2. The first-order valence-corrected chi connectivity index (χ1v) is 7.06. The van der Waals surface area contributed by atoms with E-state index in [2.05, 4.69) is 0 Å². The minimum atomic E-state index is -1.00. The maximum absolute atomic E-state index is 11.5. The monoisotopic (exact) mass is 304 g/mol. The first-order chi connectivity index (χ1) is 9.99. The van der Waals surface area contributed by atoms with E-state index in [1.165, 1.54) is 0 Å². The summed E-state index contributed by atoms with van der Waals surface area (Å²) in [6.07, 6.45) is -0.663. The average molecular weight is 305 g/mol. The van der Waals surface area contributed by atoms with Crippen LogP contribution in [0.5, 0.6) is 5.75 Å². The minimum Gasteiger partial charge on any atom is -0.478 e. The molecular weight excluding hydrogens is 288 g/mol. The Kier molecular flexibility index (Phi) is 4.86. The molecule has 1 N–H and O–H groups in total. The molecule has 0 aliphatic heterocycles. The quantitative estimate of drug-likeness (QED) is 0.907. The van der Waals surface area contributed by atoms with Gasteiger partial charge in [0.25, 0.3) is 0 Å². The van der Waals surface area contributed by atoms with Crippen LogP contribution in [0.1, 0.15) is 16.7 Å². The molecule has 0 spiro atoms. The van der Waals surface area contributed by atoms with Gasteiger partial charge in [-0.1, -0.05) is 41.9 Å². The standard InChI is InChI=1S/C17H17ClO3/c1-11-6-5-7-12(2)13(11)10-16(17(19)20)21-15-9-4-3-8-14(15)18/h3-9,16H,10H2,1-2H3,(H,19,20)/t16-/m1/s1. The predicted molar refractivity (Wildman–Crippen MR) is 83.1 cm³/mol. The number of aryl methyl sites for hydroxylation is 2. The van der Waals surface area contributed by atoms with E-state index in [0.29, 0.717) is 17.2 Å². The van der Waals surface area contributed by atoms with Gasteiger partial charge >= 0.3 is 5.97 Å². The van der Waals surface area contributed by atoms with E-state index in [9.17, 15) is 9.90 Å². The zero-order valence-electron chi connectivity index (χ0n) is 12.0. The highest BCUT2D eigenvalue weighted by atomic mass is 35.5. The van der Waals surface area contributed by atoms with E-state index in [4.69, 9.17) is 16.3 Å². The van der Waals surface area contributed by atoms with Crippen LogP contribution in [0.2, 0.25) is 5.02 Å². The first-order valence-electron chi connectivity index (χ1n) is 6.68. The van der Waals surface area contributed by atoms with Crippen LogP contribution in [0.25, 0.3) is 0 Å². The van der Waals surface area contributed by atoms with Crippen molar-refractivity contribution in [3.63, 3.8) is 0 Å². The van der Waals surface area contributed by atoms with E-state index in [1.54, 1.807) is 24.3 Å². The second-order valence-electron chi connectivity index (χ2n) is 4.95. The second kappa shape index (κ2) is 6.64. The third kappa shape index (κ3) is 3.76. The molecule has 0 heterocycles. The lowest BCUT2D eigenvalue weighted by molar-refractivity contribution is -0.145. The molecule has 110 valence electrons. The maximum atomic E-state index is 11.5. The van der Waals surface area contributed by atoms with Gasteiger partial charge in [-0.05, 0) is 42.7 Å². The van der Waals surface area contributed by atoms with Crippen LogP contribution in [-0.2, 0) is 11.2 Å². The van der Waals surface area contributed by atoms with E-state index < -0.39 is 12.1 Å². The molecule has 0 aliphatic rings. The molecule has 0 saturated heterocycles. The Labute approximate surface area is 129 Å². The van der Waals surface area contributed by atoms with Gasteiger partial charge in [0.2, 0.25) is 0 Å². The molecule has 0 fully saturated rings. The van der Waals surface area contributed by atoms with Crippen LogP contribution in [-0.4, -0.2) is 17.2 Å². The summed E-state index contributed by atoms with van der Waals surface area (Å²) >= 11 is 6.02. The SMILES string of the molecule is Cc1cccc(C)c1C[C@@H](Oc1ccccc1Cl)C(=O)O. The Morgan fingerprint density at radius 1 is 1.14 bits per heavy atom. The number of hydrogen-bond donors (Lipinski definition) is 1. The first kappa shape index (κ1) is 15.4. The van der Waals surface area contributed by atoms with Crippen LogP contribution in [0.15, 0.2) is 42.5 Å². The van der Waals surface area contributed by atoms with Gasteiger partial charge in [0.15, 0.2) is 6.10 Å². The summed E-state index contributed by atoms with van der Waals surface area (Å²) < 4.78 is 5.59. The van der Waals surface area contributed by atoms with E-state index >= 15 is 0 Å². The van der Waals surface area contributed by atoms with Crippen LogP contribution in [0.3, 0.4) is 0 Å². The smallest absolute Gasteiger partial charge is 0.345 e. The number of ether oxygens (including phenoxy) is 1. The van der Waals surface area contributed by atoms with Crippen molar-refractivity contribution in [2.75, 3.05) is 0 Å². The van der Waals surface area contributed by atoms with E-state index in [0.717, 1.165) is 16.7 Å². The van der Waals surface area contributed by atoms with Crippen molar-refractivity contribution in [2.24, 2.45) is 0 Å². The molecule has 2 aromatic carbocycles. The molecule has 3 nitrogen and oxygen atoms in total. The lowest BCUT2D eigenvalue weighted by Gasteiger charge is -2.18. The summed E-state index contributed by atoms with van der Waals surface area (Å²) in [5.41, 5.74) is 3.12. The molecule has 0 aliphatic carbocycles. The van der Waals surface area contributed by atoms with Gasteiger partial charge in [-0.2, -0.15) is 0 Å². The summed E-state index contributed by atoms with van der Waals surface area (Å²) in [5.74, 6) is -0.615. The van der Waals surface area contributed by atoms with Gasteiger partial charge in [-0.15, -0.1) is 0 Å². The molecule has 4 heteroatoms. The van der Waals surface area contributed by atoms with Gasteiger partial charge < -0.3 is 9.84 Å². The number of para-hydroxylation sites is 1. The molecular formula is C17H17ClO3. The molecule has 2 rings (SSSR count). The Balaban J connectivity index is 2.25. The molecule has 0 amide bonds. The van der Waals surface area contributed by atoms with Crippen LogP contribution in [0, 0.1) is 13.8 Å². The summed E-state index contributed by atoms with van der Waals surface area (Å²) in [6.45, 7) is 3.94. The third-order valence-electron chi connectivity index (χ3n) is 3.42. The average Bonchev–Trinajstić information content (AvgIpc) is 2.43. The maximum Gasteiger partial charge on any atom is 0.345 e. The number of carboxylic acids is 1. The number of aliphatic carboxylic acids is 1. The summed E-state index contributed by atoms with van der Waals surface area (Å²) in [6, 6.07) is 12.8. The van der Waals surface area contributed by atoms with E-state index in [-0.39, 0.29) is 0 Å². The third-order valence-corrected chi connectivity index (χ3v) is 3.73.